The number of hydrogen-bond acceptors (Lipinski definition) is 5. The van der Waals surface area contributed by atoms with Gasteiger partial charge in [0.1, 0.15) is 12.4 Å². The van der Waals surface area contributed by atoms with Gasteiger partial charge in [-0.1, -0.05) is 12.1 Å². The van der Waals surface area contributed by atoms with E-state index in [4.69, 9.17) is 9.47 Å². The number of aromatic nitrogens is 4. The first kappa shape index (κ1) is 19.7. The van der Waals surface area contributed by atoms with Crippen LogP contribution in [0.3, 0.4) is 0 Å². The summed E-state index contributed by atoms with van der Waals surface area (Å²) < 4.78 is 14.5. The van der Waals surface area contributed by atoms with E-state index in [1.165, 1.54) is 0 Å². The summed E-state index contributed by atoms with van der Waals surface area (Å²) in [5.74, 6) is 0.458. The molecule has 0 fully saturated rings. The summed E-state index contributed by atoms with van der Waals surface area (Å²) in [5, 5.41) is 9.80. The molecule has 0 aliphatic heterocycles. The maximum Gasteiger partial charge on any atom is 0.312 e. The van der Waals surface area contributed by atoms with E-state index >= 15 is 0 Å². The molecule has 2 aromatic carbocycles. The zero-order valence-electron chi connectivity index (χ0n) is 17.5. The molecule has 0 radical (unpaired) electrons. The van der Waals surface area contributed by atoms with E-state index < -0.39 is 0 Å². The standard InChI is InChI=1S/C23H24N4O3/c1-15-5-7-19(22(9-15)29-4)20-11-18(26(2)25-20)12-23(28)30-14-16-6-8-21-17(10-16)13-24-27(21)3/h5-11,13H,12,14H2,1-4H3. The van der Waals surface area contributed by atoms with Gasteiger partial charge < -0.3 is 9.47 Å². The van der Waals surface area contributed by atoms with Crippen molar-refractivity contribution < 1.29 is 14.3 Å². The van der Waals surface area contributed by atoms with E-state index in [1.54, 1.807) is 18.0 Å². The highest BCUT2D eigenvalue weighted by atomic mass is 16.5. The Balaban J connectivity index is 1.44. The molecule has 0 amide bonds. The molecule has 0 spiro atoms. The van der Waals surface area contributed by atoms with Gasteiger partial charge in [-0.2, -0.15) is 10.2 Å². The van der Waals surface area contributed by atoms with Crippen LogP contribution in [0, 0.1) is 6.92 Å². The highest BCUT2D eigenvalue weighted by Gasteiger charge is 2.15. The van der Waals surface area contributed by atoms with Gasteiger partial charge in [0, 0.05) is 30.7 Å². The van der Waals surface area contributed by atoms with Gasteiger partial charge >= 0.3 is 5.97 Å². The number of carbonyl (C=O) groups is 1. The average Bonchev–Trinajstić information content (AvgIpc) is 3.28. The normalized spacial score (nSPS) is 11.1. The van der Waals surface area contributed by atoms with Crippen LogP contribution in [0.5, 0.6) is 5.75 Å². The van der Waals surface area contributed by atoms with Crippen LogP contribution in [0.25, 0.3) is 22.2 Å². The molecule has 0 aliphatic carbocycles. The van der Waals surface area contributed by atoms with Crippen LogP contribution in [0.1, 0.15) is 16.8 Å². The number of hydrogen-bond donors (Lipinski definition) is 0. The molecule has 0 saturated heterocycles. The van der Waals surface area contributed by atoms with Gasteiger partial charge in [-0.25, -0.2) is 0 Å². The summed E-state index contributed by atoms with van der Waals surface area (Å²) in [7, 11) is 5.36. The molecule has 30 heavy (non-hydrogen) atoms. The van der Waals surface area contributed by atoms with Crippen molar-refractivity contribution >= 4 is 16.9 Å². The maximum absolute atomic E-state index is 12.4. The second kappa shape index (κ2) is 8.02. The summed E-state index contributed by atoms with van der Waals surface area (Å²) >= 11 is 0. The van der Waals surface area contributed by atoms with Crippen molar-refractivity contribution in [3.63, 3.8) is 0 Å². The fourth-order valence-electron chi connectivity index (χ4n) is 3.48. The van der Waals surface area contributed by atoms with Crippen LogP contribution in [0.4, 0.5) is 0 Å². The second-order valence-electron chi connectivity index (χ2n) is 7.35. The molecule has 4 aromatic rings. The van der Waals surface area contributed by atoms with Crippen molar-refractivity contribution in [3.8, 4) is 17.0 Å². The summed E-state index contributed by atoms with van der Waals surface area (Å²) in [4.78, 5) is 12.4. The smallest absolute Gasteiger partial charge is 0.312 e. The largest absolute Gasteiger partial charge is 0.496 e. The van der Waals surface area contributed by atoms with E-state index in [9.17, 15) is 4.79 Å². The molecular formula is C23H24N4O3. The van der Waals surface area contributed by atoms with Crippen molar-refractivity contribution in [2.75, 3.05) is 7.11 Å². The Morgan fingerprint density at radius 3 is 2.70 bits per heavy atom. The summed E-state index contributed by atoms with van der Waals surface area (Å²) in [6.45, 7) is 2.23. The van der Waals surface area contributed by atoms with Gasteiger partial charge in [-0.3, -0.25) is 14.2 Å². The monoisotopic (exact) mass is 404 g/mol. The average molecular weight is 404 g/mol. The second-order valence-corrected chi connectivity index (χ2v) is 7.35. The molecule has 154 valence electrons. The lowest BCUT2D eigenvalue weighted by Gasteiger charge is -2.06. The molecular weight excluding hydrogens is 380 g/mol. The molecule has 7 heteroatoms. The van der Waals surface area contributed by atoms with Crippen LogP contribution in [-0.2, 0) is 36.7 Å². The first-order valence-electron chi connectivity index (χ1n) is 9.69. The van der Waals surface area contributed by atoms with Crippen molar-refractivity contribution in [1.29, 1.82) is 0 Å². The molecule has 0 unspecified atom stereocenters. The number of fused-ring (bicyclic) bond motifs is 1. The minimum absolute atomic E-state index is 0.146. The Kier molecular flexibility index (Phi) is 5.27. The van der Waals surface area contributed by atoms with Crippen LogP contribution in [0.15, 0.2) is 48.7 Å². The van der Waals surface area contributed by atoms with E-state index in [2.05, 4.69) is 10.2 Å². The molecule has 0 N–H and O–H groups in total. The molecule has 0 bridgehead atoms. The third-order valence-electron chi connectivity index (χ3n) is 5.15. The summed E-state index contributed by atoms with van der Waals surface area (Å²) in [6, 6.07) is 13.8. The number of methoxy groups -OCH3 is 1. The lowest BCUT2D eigenvalue weighted by Crippen LogP contribution is -2.11. The van der Waals surface area contributed by atoms with Gasteiger partial charge in [0.2, 0.25) is 0 Å². The van der Waals surface area contributed by atoms with Crippen LogP contribution in [-0.4, -0.2) is 32.6 Å². The number of nitrogens with zero attached hydrogens (tertiary/aromatic N) is 4. The third kappa shape index (κ3) is 3.91. The first-order valence-corrected chi connectivity index (χ1v) is 9.69. The third-order valence-corrected chi connectivity index (χ3v) is 5.15. The van der Waals surface area contributed by atoms with Crippen molar-refractivity contribution in [2.45, 2.75) is 20.0 Å². The topological polar surface area (TPSA) is 71.2 Å². The first-order chi connectivity index (χ1) is 14.4. The van der Waals surface area contributed by atoms with Gasteiger partial charge in [-0.05, 0) is 48.4 Å². The fraction of sp³-hybridized carbons (Fsp3) is 0.261. The molecule has 0 saturated carbocycles. The Hall–Kier alpha value is -3.61. The minimum atomic E-state index is -0.299. The highest BCUT2D eigenvalue weighted by molar-refractivity contribution is 5.79. The number of benzene rings is 2. The minimum Gasteiger partial charge on any atom is -0.496 e. The van der Waals surface area contributed by atoms with Gasteiger partial charge in [-0.15, -0.1) is 0 Å². The Morgan fingerprint density at radius 1 is 1.07 bits per heavy atom. The summed E-state index contributed by atoms with van der Waals surface area (Å²) in [5.41, 5.74) is 5.51. The lowest BCUT2D eigenvalue weighted by atomic mass is 10.1. The van der Waals surface area contributed by atoms with Crippen LogP contribution in [0.2, 0.25) is 0 Å². The quantitative estimate of drug-likeness (QED) is 0.460. The Morgan fingerprint density at radius 2 is 1.90 bits per heavy atom. The molecule has 0 atom stereocenters. The molecule has 0 aliphatic rings. The number of carbonyl (C=O) groups excluding carboxylic acids is 1. The van der Waals surface area contributed by atoms with Crippen LogP contribution >= 0.6 is 0 Å². The van der Waals surface area contributed by atoms with Crippen molar-refractivity contribution in [3.05, 3.63) is 65.5 Å². The predicted molar refractivity (Wildman–Crippen MR) is 114 cm³/mol. The van der Waals surface area contributed by atoms with Gasteiger partial charge in [0.15, 0.2) is 0 Å². The fourth-order valence-corrected chi connectivity index (χ4v) is 3.48. The highest BCUT2D eigenvalue weighted by Crippen LogP contribution is 2.30. The Bertz CT molecular complexity index is 1220. The Labute approximate surface area is 174 Å². The zero-order chi connectivity index (χ0) is 21.3. The number of esters is 1. The van der Waals surface area contributed by atoms with Crippen molar-refractivity contribution in [1.82, 2.24) is 19.6 Å². The van der Waals surface area contributed by atoms with Crippen molar-refractivity contribution in [2.24, 2.45) is 14.1 Å². The number of aryl methyl sites for hydroxylation is 3. The molecule has 2 heterocycles. The van der Waals surface area contributed by atoms with Crippen LogP contribution < -0.4 is 4.74 Å². The van der Waals surface area contributed by atoms with Gasteiger partial charge in [0.05, 0.1) is 30.9 Å². The molecule has 2 aromatic heterocycles. The van der Waals surface area contributed by atoms with E-state index in [0.29, 0.717) is 0 Å². The van der Waals surface area contributed by atoms with E-state index in [-0.39, 0.29) is 19.0 Å². The summed E-state index contributed by atoms with van der Waals surface area (Å²) in [6.07, 6.45) is 1.95. The maximum atomic E-state index is 12.4. The molecule has 7 nitrogen and oxygen atoms in total. The van der Waals surface area contributed by atoms with Gasteiger partial charge in [0.25, 0.3) is 0 Å². The van der Waals surface area contributed by atoms with E-state index in [0.717, 1.165) is 44.7 Å². The number of ether oxygens (including phenoxy) is 2. The zero-order valence-corrected chi connectivity index (χ0v) is 17.5. The molecule has 4 rings (SSSR count). The number of rotatable bonds is 6. The lowest BCUT2D eigenvalue weighted by molar-refractivity contribution is -0.144. The van der Waals surface area contributed by atoms with E-state index in [1.807, 2.05) is 68.2 Å². The SMILES string of the molecule is COc1cc(C)ccc1-c1cc(CC(=O)OCc2ccc3c(cnn3C)c2)n(C)n1. The predicted octanol–water partition coefficient (Wildman–Crippen LogP) is 3.58.